The van der Waals surface area contributed by atoms with Crippen molar-refractivity contribution in [1.29, 1.82) is 0 Å². The molecule has 0 saturated heterocycles. The number of carboxylic acids is 2. The first kappa shape index (κ1) is 20.5. The van der Waals surface area contributed by atoms with Gasteiger partial charge in [0.05, 0.1) is 33.9 Å². The SMILES string of the molecule is O=C(O)c1ccnc(-c2cc(C(=O)O)cc(-c3cc(/C=C/c4ccncc4)ccn3)n2)c1. The summed E-state index contributed by atoms with van der Waals surface area (Å²) in [4.78, 5) is 40.0. The Balaban J connectivity index is 1.75. The molecule has 0 fully saturated rings. The van der Waals surface area contributed by atoms with E-state index < -0.39 is 11.9 Å². The Hall–Kier alpha value is -4.72. The number of aromatic carboxylic acids is 2. The molecular weight excluding hydrogens is 408 g/mol. The van der Waals surface area contributed by atoms with Crippen molar-refractivity contribution in [2.24, 2.45) is 0 Å². The zero-order valence-corrected chi connectivity index (χ0v) is 16.6. The van der Waals surface area contributed by atoms with Crippen molar-refractivity contribution in [3.05, 3.63) is 95.6 Å². The van der Waals surface area contributed by atoms with E-state index in [1.54, 1.807) is 24.7 Å². The molecule has 0 aromatic carbocycles. The van der Waals surface area contributed by atoms with Gasteiger partial charge in [-0.1, -0.05) is 12.2 Å². The molecule has 0 aliphatic carbocycles. The zero-order valence-electron chi connectivity index (χ0n) is 16.6. The van der Waals surface area contributed by atoms with Gasteiger partial charge in [-0.15, -0.1) is 0 Å². The summed E-state index contributed by atoms with van der Waals surface area (Å²) in [5.74, 6) is -2.25. The Morgan fingerprint density at radius 3 is 1.81 bits per heavy atom. The van der Waals surface area contributed by atoms with Crippen LogP contribution in [0.25, 0.3) is 34.9 Å². The first-order valence-corrected chi connectivity index (χ1v) is 9.49. The fourth-order valence-corrected chi connectivity index (χ4v) is 2.98. The molecule has 0 spiro atoms. The van der Waals surface area contributed by atoms with Crippen LogP contribution in [0.4, 0.5) is 0 Å². The van der Waals surface area contributed by atoms with Crippen molar-refractivity contribution in [3.63, 3.8) is 0 Å². The van der Waals surface area contributed by atoms with Gasteiger partial charge >= 0.3 is 11.9 Å². The molecule has 8 heteroatoms. The van der Waals surface area contributed by atoms with Crippen LogP contribution in [0, 0.1) is 0 Å². The Morgan fingerprint density at radius 2 is 1.16 bits per heavy atom. The van der Waals surface area contributed by atoms with Gasteiger partial charge in [-0.25, -0.2) is 14.6 Å². The molecule has 0 aliphatic heterocycles. The van der Waals surface area contributed by atoms with Gasteiger partial charge in [0.1, 0.15) is 0 Å². The molecule has 156 valence electrons. The lowest BCUT2D eigenvalue weighted by Crippen LogP contribution is -2.02. The fraction of sp³-hybridized carbons (Fsp3) is 0. The van der Waals surface area contributed by atoms with Crippen molar-refractivity contribution < 1.29 is 19.8 Å². The van der Waals surface area contributed by atoms with Crippen LogP contribution in [0.15, 0.2) is 73.3 Å². The van der Waals surface area contributed by atoms with E-state index >= 15 is 0 Å². The first-order valence-electron chi connectivity index (χ1n) is 9.49. The van der Waals surface area contributed by atoms with Gasteiger partial charge in [0.25, 0.3) is 0 Å². The van der Waals surface area contributed by atoms with E-state index in [-0.39, 0.29) is 22.5 Å². The number of hydrogen-bond donors (Lipinski definition) is 2. The summed E-state index contributed by atoms with van der Waals surface area (Å²) in [7, 11) is 0. The van der Waals surface area contributed by atoms with E-state index in [0.717, 1.165) is 11.1 Å². The average Bonchev–Trinajstić information content (AvgIpc) is 2.83. The third-order valence-corrected chi connectivity index (χ3v) is 4.56. The maximum Gasteiger partial charge on any atom is 0.335 e. The highest BCUT2D eigenvalue weighted by atomic mass is 16.4. The van der Waals surface area contributed by atoms with Crippen LogP contribution in [0.5, 0.6) is 0 Å². The molecular formula is C24H16N4O4. The lowest BCUT2D eigenvalue weighted by Gasteiger charge is -2.08. The molecule has 0 radical (unpaired) electrons. The third kappa shape index (κ3) is 4.71. The van der Waals surface area contributed by atoms with Gasteiger partial charge in [0.2, 0.25) is 0 Å². The number of nitrogens with zero attached hydrogens (tertiary/aromatic N) is 4. The van der Waals surface area contributed by atoms with E-state index in [0.29, 0.717) is 11.4 Å². The van der Waals surface area contributed by atoms with E-state index in [9.17, 15) is 19.8 Å². The minimum absolute atomic E-state index is 0.00735. The number of carboxylic acid groups (broad SMARTS) is 2. The minimum atomic E-state index is -1.14. The summed E-state index contributed by atoms with van der Waals surface area (Å²) in [5, 5.41) is 18.8. The molecule has 0 aliphatic rings. The maximum atomic E-state index is 11.7. The van der Waals surface area contributed by atoms with Gasteiger partial charge in [-0.3, -0.25) is 15.0 Å². The molecule has 4 heterocycles. The predicted molar refractivity (Wildman–Crippen MR) is 118 cm³/mol. The van der Waals surface area contributed by atoms with Crippen molar-refractivity contribution in [1.82, 2.24) is 19.9 Å². The standard InChI is InChI=1S/C24H16N4O4/c29-23(30)17-6-10-27-20(12-17)22-14-18(24(31)32)13-21(28-22)19-11-16(5-9-26-19)2-1-15-3-7-25-8-4-15/h1-14H,(H,29,30)(H,31,32)/b2-1+. The summed E-state index contributed by atoms with van der Waals surface area (Å²) < 4.78 is 0. The second kappa shape index (κ2) is 8.97. The monoisotopic (exact) mass is 424 g/mol. The second-order valence-electron chi connectivity index (χ2n) is 6.75. The molecule has 4 aromatic rings. The van der Waals surface area contributed by atoms with Gasteiger partial charge in [0.15, 0.2) is 0 Å². The number of hydrogen-bond acceptors (Lipinski definition) is 6. The highest BCUT2D eigenvalue weighted by Gasteiger charge is 2.14. The molecule has 2 N–H and O–H groups in total. The largest absolute Gasteiger partial charge is 0.478 e. The van der Waals surface area contributed by atoms with Crippen molar-refractivity contribution in [3.8, 4) is 22.8 Å². The first-order chi connectivity index (χ1) is 15.5. The van der Waals surface area contributed by atoms with E-state index in [1.165, 1.54) is 30.5 Å². The lowest BCUT2D eigenvalue weighted by molar-refractivity contribution is 0.0686. The summed E-state index contributed by atoms with van der Waals surface area (Å²) >= 11 is 0. The van der Waals surface area contributed by atoms with Gasteiger partial charge in [-0.05, 0) is 59.7 Å². The molecule has 4 rings (SSSR count). The molecule has 32 heavy (non-hydrogen) atoms. The fourth-order valence-electron chi connectivity index (χ4n) is 2.98. The topological polar surface area (TPSA) is 126 Å². The summed E-state index contributed by atoms with van der Waals surface area (Å²) in [6, 6.07) is 12.8. The molecule has 0 amide bonds. The van der Waals surface area contributed by atoms with E-state index in [1.807, 2.05) is 30.4 Å². The Morgan fingerprint density at radius 1 is 0.625 bits per heavy atom. The number of rotatable bonds is 6. The van der Waals surface area contributed by atoms with Crippen molar-refractivity contribution in [2.75, 3.05) is 0 Å². The summed E-state index contributed by atoms with van der Waals surface area (Å²) in [6.07, 6.45) is 10.2. The van der Waals surface area contributed by atoms with E-state index in [4.69, 9.17) is 0 Å². The molecule has 4 aromatic heterocycles. The normalized spacial score (nSPS) is 10.9. The molecule has 0 unspecified atom stereocenters. The van der Waals surface area contributed by atoms with Crippen molar-refractivity contribution >= 4 is 24.1 Å². The van der Waals surface area contributed by atoms with Crippen LogP contribution in [-0.4, -0.2) is 42.1 Å². The van der Waals surface area contributed by atoms with Crippen LogP contribution in [0.1, 0.15) is 31.8 Å². The van der Waals surface area contributed by atoms with Crippen LogP contribution < -0.4 is 0 Å². The summed E-state index contributed by atoms with van der Waals surface area (Å²) in [6.45, 7) is 0. The quantitative estimate of drug-likeness (QED) is 0.472. The summed E-state index contributed by atoms with van der Waals surface area (Å²) in [5.41, 5.74) is 3.15. The third-order valence-electron chi connectivity index (χ3n) is 4.56. The Labute approximate surface area is 182 Å². The number of carbonyl (C=O) groups is 2. The Bertz CT molecular complexity index is 1340. The smallest absolute Gasteiger partial charge is 0.335 e. The molecule has 0 atom stereocenters. The molecule has 8 nitrogen and oxygen atoms in total. The van der Waals surface area contributed by atoms with E-state index in [2.05, 4.69) is 19.9 Å². The molecule has 0 saturated carbocycles. The highest BCUT2D eigenvalue weighted by Crippen LogP contribution is 2.24. The second-order valence-corrected chi connectivity index (χ2v) is 6.75. The predicted octanol–water partition coefficient (Wildman–Crippen LogP) is 4.17. The van der Waals surface area contributed by atoms with Gasteiger partial charge < -0.3 is 10.2 Å². The van der Waals surface area contributed by atoms with Gasteiger partial charge in [0, 0.05) is 24.8 Å². The average molecular weight is 424 g/mol. The van der Waals surface area contributed by atoms with Gasteiger partial charge in [-0.2, -0.15) is 0 Å². The van der Waals surface area contributed by atoms with Crippen LogP contribution in [0.3, 0.4) is 0 Å². The van der Waals surface area contributed by atoms with Crippen LogP contribution >= 0.6 is 0 Å². The highest BCUT2D eigenvalue weighted by molar-refractivity contribution is 5.91. The van der Waals surface area contributed by atoms with Crippen molar-refractivity contribution in [2.45, 2.75) is 0 Å². The number of aromatic nitrogens is 4. The van der Waals surface area contributed by atoms with Crippen LogP contribution in [-0.2, 0) is 0 Å². The lowest BCUT2D eigenvalue weighted by atomic mass is 10.1. The number of pyridine rings is 4. The Kier molecular flexibility index (Phi) is 5.76. The van der Waals surface area contributed by atoms with Crippen LogP contribution in [0.2, 0.25) is 0 Å². The maximum absolute atomic E-state index is 11.7. The molecule has 0 bridgehead atoms. The minimum Gasteiger partial charge on any atom is -0.478 e. The zero-order chi connectivity index (χ0) is 22.5.